The average molecular weight is 415 g/mol. The molecule has 2 atom stereocenters. The average Bonchev–Trinajstić information content (AvgIpc) is 3.03. The maximum absolute atomic E-state index is 12.6. The minimum atomic E-state index is -0.0851. The molecule has 1 amide bonds. The summed E-state index contributed by atoms with van der Waals surface area (Å²) in [6, 6.07) is 8.00. The molecule has 0 saturated heterocycles. The molecule has 154 valence electrons. The second kappa shape index (κ2) is 9.29. The third kappa shape index (κ3) is 4.89. The Bertz CT molecular complexity index is 932. The fourth-order valence-corrected chi connectivity index (χ4v) is 5.16. The number of methoxy groups -OCH3 is 2. The van der Waals surface area contributed by atoms with Crippen LogP contribution in [0.3, 0.4) is 0 Å². The van der Waals surface area contributed by atoms with Gasteiger partial charge in [0, 0.05) is 16.5 Å². The zero-order valence-electron chi connectivity index (χ0n) is 17.4. The van der Waals surface area contributed by atoms with E-state index in [-0.39, 0.29) is 5.91 Å². The van der Waals surface area contributed by atoms with Gasteiger partial charge in [0.25, 0.3) is 5.91 Å². The number of amides is 1. The number of thiophene rings is 1. The van der Waals surface area contributed by atoms with E-state index in [0.717, 1.165) is 46.8 Å². The molecule has 0 fully saturated rings. The summed E-state index contributed by atoms with van der Waals surface area (Å²) in [6.45, 7) is 3.18. The number of hydrogen-bond acceptors (Lipinski definition) is 5. The summed E-state index contributed by atoms with van der Waals surface area (Å²) in [7, 11) is 5.22. The van der Waals surface area contributed by atoms with Gasteiger partial charge in [-0.15, -0.1) is 11.3 Å². The van der Waals surface area contributed by atoms with Crippen molar-refractivity contribution < 1.29 is 19.2 Å². The van der Waals surface area contributed by atoms with Crippen molar-refractivity contribution in [2.45, 2.75) is 32.7 Å². The maximum atomic E-state index is 12.6. The lowest BCUT2D eigenvalue weighted by Gasteiger charge is -2.17. The van der Waals surface area contributed by atoms with Crippen LogP contribution in [0.25, 0.3) is 0 Å². The molecule has 0 bridgehead atoms. The standard InChI is InChI=1S/C22H27N3O3S/c1-14-5-8-17-18(11-23)22(29-20(17)9-14)24-21(26)13-25(2)12-15-6-7-16(27-3)10-19(15)28-4/h6-7,10,14H,5,8-9,12-13H2,1-4H3,(H,24,26)/p+1/t14-/m0/s1. The highest BCUT2D eigenvalue weighted by atomic mass is 32.1. The molecule has 2 N–H and O–H groups in total. The van der Waals surface area contributed by atoms with Crippen LogP contribution in [0.4, 0.5) is 5.00 Å². The molecule has 1 heterocycles. The van der Waals surface area contributed by atoms with E-state index in [1.807, 2.05) is 25.2 Å². The molecule has 1 aliphatic carbocycles. The Morgan fingerprint density at radius 3 is 2.86 bits per heavy atom. The number of carbonyl (C=O) groups is 1. The molecule has 29 heavy (non-hydrogen) atoms. The van der Waals surface area contributed by atoms with Gasteiger partial charge in [-0.25, -0.2) is 0 Å². The Morgan fingerprint density at radius 1 is 1.38 bits per heavy atom. The summed E-state index contributed by atoms with van der Waals surface area (Å²) in [5, 5.41) is 13.3. The minimum absolute atomic E-state index is 0.0851. The van der Waals surface area contributed by atoms with E-state index in [0.29, 0.717) is 29.6 Å². The van der Waals surface area contributed by atoms with Crippen LogP contribution in [0.2, 0.25) is 0 Å². The Balaban J connectivity index is 1.65. The summed E-state index contributed by atoms with van der Waals surface area (Å²) in [5.41, 5.74) is 2.80. The molecular weight excluding hydrogens is 386 g/mol. The second-order valence-corrected chi connectivity index (χ2v) is 8.81. The van der Waals surface area contributed by atoms with Crippen LogP contribution in [-0.2, 0) is 24.2 Å². The zero-order chi connectivity index (χ0) is 21.0. The first-order valence-electron chi connectivity index (χ1n) is 9.81. The van der Waals surface area contributed by atoms with Crippen LogP contribution in [-0.4, -0.2) is 33.7 Å². The molecule has 0 radical (unpaired) electrons. The summed E-state index contributed by atoms with van der Waals surface area (Å²) >= 11 is 1.56. The Hall–Kier alpha value is -2.56. The van der Waals surface area contributed by atoms with E-state index in [4.69, 9.17) is 9.47 Å². The van der Waals surface area contributed by atoms with E-state index in [9.17, 15) is 10.1 Å². The van der Waals surface area contributed by atoms with Gasteiger partial charge in [0.15, 0.2) is 6.54 Å². The Labute approximate surface area is 176 Å². The van der Waals surface area contributed by atoms with Crippen molar-refractivity contribution in [2.24, 2.45) is 5.92 Å². The van der Waals surface area contributed by atoms with Gasteiger partial charge in [-0.3, -0.25) is 4.79 Å². The SMILES string of the molecule is COc1ccc(C[NH+](C)CC(=O)Nc2sc3c(c2C#N)CC[C@H](C)C3)c(OC)c1. The number of anilines is 1. The fourth-order valence-electron chi connectivity index (χ4n) is 3.79. The first-order chi connectivity index (χ1) is 13.9. The van der Waals surface area contributed by atoms with Crippen LogP contribution in [0.1, 0.15) is 34.9 Å². The number of quaternary nitrogens is 1. The van der Waals surface area contributed by atoms with E-state index in [1.54, 1.807) is 25.6 Å². The maximum Gasteiger partial charge on any atom is 0.280 e. The van der Waals surface area contributed by atoms with Crippen molar-refractivity contribution >= 4 is 22.2 Å². The van der Waals surface area contributed by atoms with Gasteiger partial charge in [0.05, 0.1) is 26.8 Å². The highest BCUT2D eigenvalue weighted by molar-refractivity contribution is 7.16. The molecule has 1 aromatic carbocycles. The summed E-state index contributed by atoms with van der Waals surface area (Å²) in [4.78, 5) is 14.9. The van der Waals surface area contributed by atoms with Gasteiger partial charge < -0.3 is 19.7 Å². The Morgan fingerprint density at radius 2 is 2.17 bits per heavy atom. The largest absolute Gasteiger partial charge is 0.497 e. The number of hydrogen-bond donors (Lipinski definition) is 2. The molecule has 1 aliphatic rings. The first kappa shape index (κ1) is 21.2. The van der Waals surface area contributed by atoms with E-state index >= 15 is 0 Å². The van der Waals surface area contributed by atoms with Crippen molar-refractivity contribution in [1.82, 2.24) is 0 Å². The number of benzene rings is 1. The number of nitrogens with zero attached hydrogens (tertiary/aromatic N) is 1. The van der Waals surface area contributed by atoms with E-state index in [1.165, 1.54) is 4.88 Å². The number of ether oxygens (including phenoxy) is 2. The monoisotopic (exact) mass is 414 g/mol. The number of likely N-dealkylation sites (N-methyl/N-ethyl adjacent to an activating group) is 1. The van der Waals surface area contributed by atoms with Crippen LogP contribution >= 0.6 is 11.3 Å². The molecular formula is C22H28N3O3S+. The molecule has 3 rings (SSSR count). The minimum Gasteiger partial charge on any atom is -0.497 e. The van der Waals surface area contributed by atoms with E-state index < -0.39 is 0 Å². The molecule has 0 aliphatic heterocycles. The summed E-state index contributed by atoms with van der Waals surface area (Å²) in [5.74, 6) is 2.03. The third-order valence-electron chi connectivity index (χ3n) is 5.33. The van der Waals surface area contributed by atoms with Crippen LogP contribution < -0.4 is 19.7 Å². The van der Waals surface area contributed by atoms with Gasteiger partial charge >= 0.3 is 0 Å². The van der Waals surface area contributed by atoms with Crippen molar-refractivity contribution in [3.05, 3.63) is 39.8 Å². The molecule has 2 aromatic rings. The van der Waals surface area contributed by atoms with Gasteiger partial charge in [-0.1, -0.05) is 6.92 Å². The zero-order valence-corrected chi connectivity index (χ0v) is 18.2. The van der Waals surface area contributed by atoms with Gasteiger partial charge in [0.2, 0.25) is 0 Å². The summed E-state index contributed by atoms with van der Waals surface area (Å²) in [6.07, 6.45) is 3.02. The number of carbonyl (C=O) groups excluding carboxylic acids is 1. The summed E-state index contributed by atoms with van der Waals surface area (Å²) < 4.78 is 10.7. The van der Waals surface area contributed by atoms with Crippen LogP contribution in [0.15, 0.2) is 18.2 Å². The molecule has 6 nitrogen and oxygen atoms in total. The number of nitrogens with one attached hydrogen (secondary N) is 2. The topological polar surface area (TPSA) is 75.8 Å². The predicted molar refractivity (Wildman–Crippen MR) is 114 cm³/mol. The molecule has 1 unspecified atom stereocenters. The molecule has 0 spiro atoms. The van der Waals surface area contributed by atoms with Crippen molar-refractivity contribution in [3.8, 4) is 17.6 Å². The van der Waals surface area contributed by atoms with Gasteiger partial charge in [-0.05, 0) is 42.9 Å². The van der Waals surface area contributed by atoms with Crippen LogP contribution in [0, 0.1) is 17.2 Å². The first-order valence-corrected chi connectivity index (χ1v) is 10.6. The second-order valence-electron chi connectivity index (χ2n) is 7.70. The number of nitriles is 1. The van der Waals surface area contributed by atoms with Crippen molar-refractivity contribution in [1.29, 1.82) is 5.26 Å². The van der Waals surface area contributed by atoms with Gasteiger partial charge in [0.1, 0.15) is 29.1 Å². The quantitative estimate of drug-likeness (QED) is 0.730. The third-order valence-corrected chi connectivity index (χ3v) is 6.50. The van der Waals surface area contributed by atoms with Crippen molar-refractivity contribution in [2.75, 3.05) is 33.1 Å². The normalized spacial score (nSPS) is 16.4. The predicted octanol–water partition coefficient (Wildman–Crippen LogP) is 2.42. The van der Waals surface area contributed by atoms with Gasteiger partial charge in [-0.2, -0.15) is 5.26 Å². The smallest absolute Gasteiger partial charge is 0.280 e. The highest BCUT2D eigenvalue weighted by Gasteiger charge is 2.25. The molecule has 1 aromatic heterocycles. The van der Waals surface area contributed by atoms with Crippen molar-refractivity contribution in [3.63, 3.8) is 0 Å². The number of rotatable bonds is 7. The van der Waals surface area contributed by atoms with Crippen LogP contribution in [0.5, 0.6) is 11.5 Å². The lowest BCUT2D eigenvalue weighted by atomic mass is 9.89. The lowest BCUT2D eigenvalue weighted by molar-refractivity contribution is -0.885. The highest BCUT2D eigenvalue weighted by Crippen LogP contribution is 2.39. The molecule has 0 saturated carbocycles. The molecule has 7 heteroatoms. The lowest BCUT2D eigenvalue weighted by Crippen LogP contribution is -3.08. The Kier molecular flexibility index (Phi) is 6.78. The number of fused-ring (bicyclic) bond motifs is 1. The fraction of sp³-hybridized carbons (Fsp3) is 0.455. The van der Waals surface area contributed by atoms with E-state index in [2.05, 4.69) is 18.3 Å².